The summed E-state index contributed by atoms with van der Waals surface area (Å²) in [7, 11) is 0. The van der Waals surface area contributed by atoms with Crippen LogP contribution in [0.3, 0.4) is 0 Å². The monoisotopic (exact) mass is 130 g/mol. The molecule has 0 heterocycles. The summed E-state index contributed by atoms with van der Waals surface area (Å²) in [5.74, 6) is 0. The van der Waals surface area contributed by atoms with Gasteiger partial charge in [0.1, 0.15) is 0 Å². The van der Waals surface area contributed by atoms with Crippen molar-refractivity contribution in [3.63, 3.8) is 0 Å². The summed E-state index contributed by atoms with van der Waals surface area (Å²) in [6.45, 7) is 5.88. The number of carbonyl (C=O) groups excluding carboxylic acids is 1. The van der Waals surface area contributed by atoms with E-state index in [9.17, 15) is 4.79 Å². The van der Waals surface area contributed by atoms with E-state index in [0.717, 1.165) is 19.5 Å². The Kier molecular flexibility index (Phi) is 5.21. The van der Waals surface area contributed by atoms with Crippen LogP contribution in [0.25, 0.3) is 0 Å². The third-order valence-electron chi connectivity index (χ3n) is 1.11. The minimum atomic E-state index is 0.708. The van der Waals surface area contributed by atoms with Crippen LogP contribution in [-0.2, 0) is 4.79 Å². The second kappa shape index (κ2) is 5.56. The van der Waals surface area contributed by atoms with E-state index in [1.165, 1.54) is 0 Å². The van der Waals surface area contributed by atoms with Crippen LogP contribution in [0.2, 0.25) is 0 Å². The average Bonchev–Trinajstić information content (AvgIpc) is 1.88. The summed E-state index contributed by atoms with van der Waals surface area (Å²) in [4.78, 5) is 9.90. The first-order valence-corrected chi connectivity index (χ1v) is 3.29. The van der Waals surface area contributed by atoms with E-state index < -0.39 is 0 Å². The van der Waals surface area contributed by atoms with Gasteiger partial charge in [0.05, 0.1) is 0 Å². The molecule has 0 aromatic rings. The number of hydrazine groups is 1. The van der Waals surface area contributed by atoms with Gasteiger partial charge in [-0.05, 0) is 6.42 Å². The lowest BCUT2D eigenvalue weighted by atomic mass is 10.5. The highest BCUT2D eigenvalue weighted by Crippen LogP contribution is 1.82. The molecule has 0 aromatic carbocycles. The van der Waals surface area contributed by atoms with Crippen molar-refractivity contribution in [3.8, 4) is 0 Å². The van der Waals surface area contributed by atoms with Gasteiger partial charge in [0.25, 0.3) is 0 Å². The third kappa shape index (κ3) is 3.97. The zero-order valence-corrected chi connectivity index (χ0v) is 6.05. The predicted octanol–water partition coefficient (Wildman–Crippen LogP) is 0.379. The summed E-state index contributed by atoms with van der Waals surface area (Å²) in [5.41, 5.74) is 2.59. The van der Waals surface area contributed by atoms with Crippen LogP contribution in [0.1, 0.15) is 20.3 Å². The Bertz CT molecular complexity index is 75.5. The number of nitrogens with zero attached hydrogens (tertiary/aromatic N) is 1. The standard InChI is InChI=1S/C6H14N2O/c1-3-5-8(4-2)7-6-9/h6H,3-5H2,1-2H3,(H,7,9). The minimum absolute atomic E-state index is 0.708. The van der Waals surface area contributed by atoms with Gasteiger partial charge in [-0.25, -0.2) is 5.01 Å². The molecule has 0 fully saturated rings. The molecular weight excluding hydrogens is 116 g/mol. The predicted molar refractivity (Wildman–Crippen MR) is 36.7 cm³/mol. The Morgan fingerprint density at radius 1 is 1.56 bits per heavy atom. The summed E-state index contributed by atoms with van der Waals surface area (Å²) in [5, 5.41) is 1.87. The molecule has 0 spiro atoms. The molecular formula is C6H14N2O. The fraction of sp³-hybridized carbons (Fsp3) is 0.833. The number of carbonyl (C=O) groups is 1. The molecule has 0 radical (unpaired) electrons. The van der Waals surface area contributed by atoms with E-state index in [4.69, 9.17) is 0 Å². The Hall–Kier alpha value is -0.570. The molecule has 0 rings (SSSR count). The van der Waals surface area contributed by atoms with Gasteiger partial charge in [0, 0.05) is 13.1 Å². The maximum atomic E-state index is 9.90. The Balaban J connectivity index is 3.28. The summed E-state index contributed by atoms with van der Waals surface area (Å²) in [6, 6.07) is 0. The molecule has 0 saturated heterocycles. The molecule has 54 valence electrons. The van der Waals surface area contributed by atoms with Gasteiger partial charge in [-0.3, -0.25) is 10.2 Å². The van der Waals surface area contributed by atoms with Crippen molar-refractivity contribution in [3.05, 3.63) is 0 Å². The molecule has 0 unspecified atom stereocenters. The largest absolute Gasteiger partial charge is 0.292 e. The number of hydrogen-bond donors (Lipinski definition) is 1. The van der Waals surface area contributed by atoms with Gasteiger partial charge in [0.2, 0.25) is 6.41 Å². The molecule has 9 heavy (non-hydrogen) atoms. The molecule has 0 saturated carbocycles. The topological polar surface area (TPSA) is 32.3 Å². The fourth-order valence-electron chi connectivity index (χ4n) is 0.658. The van der Waals surface area contributed by atoms with Crippen LogP contribution in [0, 0.1) is 0 Å². The molecule has 3 nitrogen and oxygen atoms in total. The zero-order valence-electron chi connectivity index (χ0n) is 6.05. The van der Waals surface area contributed by atoms with Crippen molar-refractivity contribution in [2.75, 3.05) is 13.1 Å². The van der Waals surface area contributed by atoms with E-state index in [1.807, 2.05) is 11.9 Å². The lowest BCUT2D eigenvalue weighted by Gasteiger charge is -2.16. The number of amides is 1. The van der Waals surface area contributed by atoms with Crippen molar-refractivity contribution in [2.24, 2.45) is 0 Å². The van der Waals surface area contributed by atoms with E-state index in [2.05, 4.69) is 12.3 Å². The van der Waals surface area contributed by atoms with Crippen LogP contribution in [0.5, 0.6) is 0 Å². The van der Waals surface area contributed by atoms with Gasteiger partial charge in [-0.2, -0.15) is 0 Å². The van der Waals surface area contributed by atoms with Gasteiger partial charge < -0.3 is 0 Å². The maximum Gasteiger partial charge on any atom is 0.221 e. The molecule has 0 aliphatic rings. The molecule has 0 atom stereocenters. The van der Waals surface area contributed by atoms with Crippen molar-refractivity contribution in [1.82, 2.24) is 10.4 Å². The molecule has 0 aliphatic heterocycles. The highest BCUT2D eigenvalue weighted by atomic mass is 16.1. The van der Waals surface area contributed by atoms with Gasteiger partial charge in [-0.15, -0.1) is 0 Å². The normalized spacial score (nSPS) is 9.67. The van der Waals surface area contributed by atoms with E-state index in [-0.39, 0.29) is 0 Å². The van der Waals surface area contributed by atoms with Crippen LogP contribution in [0.4, 0.5) is 0 Å². The first kappa shape index (κ1) is 8.43. The summed E-state index contributed by atoms with van der Waals surface area (Å²) < 4.78 is 0. The zero-order chi connectivity index (χ0) is 7.11. The van der Waals surface area contributed by atoms with Crippen molar-refractivity contribution in [2.45, 2.75) is 20.3 Å². The maximum absolute atomic E-state index is 9.90. The SMILES string of the molecule is CCCN(CC)NC=O. The number of rotatable bonds is 5. The van der Waals surface area contributed by atoms with E-state index in [0.29, 0.717) is 6.41 Å². The molecule has 0 aromatic heterocycles. The van der Waals surface area contributed by atoms with Crippen LogP contribution in [0.15, 0.2) is 0 Å². The first-order valence-electron chi connectivity index (χ1n) is 3.29. The quantitative estimate of drug-likeness (QED) is 0.431. The number of nitrogens with one attached hydrogen (secondary N) is 1. The molecule has 3 heteroatoms. The lowest BCUT2D eigenvalue weighted by Crippen LogP contribution is -2.37. The van der Waals surface area contributed by atoms with E-state index in [1.54, 1.807) is 0 Å². The first-order chi connectivity index (χ1) is 4.35. The summed E-state index contributed by atoms with van der Waals surface area (Å²) >= 11 is 0. The van der Waals surface area contributed by atoms with Gasteiger partial charge >= 0.3 is 0 Å². The van der Waals surface area contributed by atoms with Crippen molar-refractivity contribution >= 4 is 6.41 Å². The molecule has 1 N–H and O–H groups in total. The highest BCUT2D eigenvalue weighted by Gasteiger charge is 1.94. The smallest absolute Gasteiger partial charge is 0.221 e. The lowest BCUT2D eigenvalue weighted by molar-refractivity contribution is -0.113. The van der Waals surface area contributed by atoms with Crippen molar-refractivity contribution < 1.29 is 4.79 Å². The minimum Gasteiger partial charge on any atom is -0.292 e. The molecule has 1 amide bonds. The van der Waals surface area contributed by atoms with Crippen molar-refractivity contribution in [1.29, 1.82) is 0 Å². The second-order valence-electron chi connectivity index (χ2n) is 1.83. The average molecular weight is 130 g/mol. The second-order valence-corrected chi connectivity index (χ2v) is 1.83. The van der Waals surface area contributed by atoms with Crippen LogP contribution in [-0.4, -0.2) is 24.5 Å². The third-order valence-corrected chi connectivity index (χ3v) is 1.11. The van der Waals surface area contributed by atoms with Crippen LogP contribution < -0.4 is 5.43 Å². The highest BCUT2D eigenvalue weighted by molar-refractivity contribution is 5.44. The van der Waals surface area contributed by atoms with Crippen LogP contribution >= 0.6 is 0 Å². The van der Waals surface area contributed by atoms with Gasteiger partial charge in [-0.1, -0.05) is 13.8 Å². The Morgan fingerprint density at radius 2 is 2.22 bits per heavy atom. The summed E-state index contributed by atoms with van der Waals surface area (Å²) in [6.07, 6.45) is 1.77. The molecule has 0 aliphatic carbocycles. The van der Waals surface area contributed by atoms with E-state index >= 15 is 0 Å². The Labute approximate surface area is 56.0 Å². The number of hydrogen-bond acceptors (Lipinski definition) is 2. The van der Waals surface area contributed by atoms with Gasteiger partial charge in [0.15, 0.2) is 0 Å². The molecule has 0 bridgehead atoms. The fourth-order valence-corrected chi connectivity index (χ4v) is 0.658. The Morgan fingerprint density at radius 3 is 2.56 bits per heavy atom.